The van der Waals surface area contributed by atoms with E-state index in [2.05, 4.69) is 28.6 Å². The molecule has 0 aliphatic carbocycles. The molecule has 0 fully saturated rings. The molecule has 230 valence electrons. The van der Waals surface area contributed by atoms with Crippen LogP contribution in [0, 0.1) is 17.1 Å². The average molecular weight is 607 g/mol. The highest BCUT2D eigenvalue weighted by Gasteiger charge is 2.29. The second-order valence-corrected chi connectivity index (χ2v) is 10.9. The highest BCUT2D eigenvalue weighted by atomic mass is 19.1. The third kappa shape index (κ3) is 8.00. The SMILES string of the molecule is CCCC(CCNC(=O)OCc1ccccc1)Nc1nccc(-c2cc(C#N)c3c(c2)CCN3C(=O)Cc2ccccc2F)n1. The summed E-state index contributed by atoms with van der Waals surface area (Å²) in [7, 11) is 0. The van der Waals surface area contributed by atoms with Crippen LogP contribution in [0.1, 0.15) is 48.4 Å². The van der Waals surface area contributed by atoms with E-state index in [0.717, 1.165) is 29.5 Å². The summed E-state index contributed by atoms with van der Waals surface area (Å²) in [5.41, 5.74) is 4.44. The van der Waals surface area contributed by atoms with Gasteiger partial charge in [0.2, 0.25) is 11.9 Å². The van der Waals surface area contributed by atoms with Crippen molar-refractivity contribution in [2.75, 3.05) is 23.3 Å². The summed E-state index contributed by atoms with van der Waals surface area (Å²) >= 11 is 0. The van der Waals surface area contributed by atoms with Crippen LogP contribution in [0.15, 0.2) is 79.0 Å². The number of ether oxygens (including phenoxy) is 1. The van der Waals surface area contributed by atoms with Gasteiger partial charge in [0.05, 0.1) is 23.4 Å². The van der Waals surface area contributed by atoms with E-state index in [9.17, 15) is 19.2 Å². The van der Waals surface area contributed by atoms with E-state index in [-0.39, 0.29) is 25.0 Å². The van der Waals surface area contributed by atoms with Gasteiger partial charge in [-0.05, 0) is 60.2 Å². The number of carbonyl (C=O) groups excluding carboxylic acids is 2. The van der Waals surface area contributed by atoms with E-state index < -0.39 is 11.9 Å². The Morgan fingerprint density at radius 3 is 2.67 bits per heavy atom. The Hall–Kier alpha value is -5.30. The number of alkyl carbamates (subject to hydrolysis) is 1. The molecule has 0 saturated carbocycles. The molecule has 1 aliphatic rings. The van der Waals surface area contributed by atoms with Crippen LogP contribution in [0.4, 0.5) is 20.8 Å². The van der Waals surface area contributed by atoms with Crippen molar-refractivity contribution >= 4 is 23.6 Å². The highest BCUT2D eigenvalue weighted by molar-refractivity contribution is 5.98. The molecular formula is C35H35FN6O3. The van der Waals surface area contributed by atoms with Crippen LogP contribution in [-0.4, -0.2) is 41.1 Å². The molecule has 1 atom stereocenters. The molecule has 0 saturated heterocycles. The minimum absolute atomic E-state index is 0.0170. The minimum atomic E-state index is -0.468. The fourth-order valence-corrected chi connectivity index (χ4v) is 5.46. The van der Waals surface area contributed by atoms with Gasteiger partial charge in [-0.1, -0.05) is 61.9 Å². The smallest absolute Gasteiger partial charge is 0.407 e. The Labute approximate surface area is 262 Å². The van der Waals surface area contributed by atoms with Crippen LogP contribution in [0.25, 0.3) is 11.3 Å². The standard InChI is InChI=1S/C35H35FN6O3/c1-2-8-29(13-16-39-35(44)45-23-24-9-4-3-5-10-24)40-34-38-17-14-31(41-34)27-19-26-15-18-42(33(26)28(20-27)22-37)32(43)21-25-11-6-7-12-30(25)36/h3-7,9-12,14,17,19-20,29H,2,8,13,15-16,18,21,23H2,1H3,(H,39,44)(H,38,40,41). The topological polar surface area (TPSA) is 120 Å². The fraction of sp³-hybridized carbons (Fsp3) is 0.286. The molecule has 1 aromatic heterocycles. The second-order valence-electron chi connectivity index (χ2n) is 10.9. The number of nitrogens with zero attached hydrogens (tertiary/aromatic N) is 4. The van der Waals surface area contributed by atoms with E-state index >= 15 is 0 Å². The first-order chi connectivity index (χ1) is 21.9. The van der Waals surface area contributed by atoms with E-state index in [1.807, 2.05) is 36.4 Å². The van der Waals surface area contributed by atoms with Crippen molar-refractivity contribution in [1.82, 2.24) is 15.3 Å². The third-order valence-corrected chi connectivity index (χ3v) is 7.68. The monoisotopic (exact) mass is 606 g/mol. The lowest BCUT2D eigenvalue weighted by Crippen LogP contribution is -2.31. The van der Waals surface area contributed by atoms with E-state index in [1.54, 1.807) is 41.4 Å². The molecule has 0 radical (unpaired) electrons. The van der Waals surface area contributed by atoms with Gasteiger partial charge < -0.3 is 20.3 Å². The number of rotatable bonds is 12. The molecule has 0 spiro atoms. The van der Waals surface area contributed by atoms with Gasteiger partial charge in [-0.2, -0.15) is 5.26 Å². The van der Waals surface area contributed by atoms with E-state index in [4.69, 9.17) is 9.72 Å². The Morgan fingerprint density at radius 2 is 1.89 bits per heavy atom. The number of hydrogen-bond acceptors (Lipinski definition) is 7. The first-order valence-corrected chi connectivity index (χ1v) is 15.1. The van der Waals surface area contributed by atoms with Crippen molar-refractivity contribution in [3.05, 3.63) is 107 Å². The predicted octanol–water partition coefficient (Wildman–Crippen LogP) is 6.18. The first kappa shape index (κ1) is 31.1. The van der Waals surface area contributed by atoms with Crippen LogP contribution >= 0.6 is 0 Å². The van der Waals surface area contributed by atoms with Crippen LogP contribution in [-0.2, 0) is 29.0 Å². The third-order valence-electron chi connectivity index (χ3n) is 7.68. The number of nitriles is 1. The zero-order valence-corrected chi connectivity index (χ0v) is 25.1. The zero-order chi connectivity index (χ0) is 31.6. The number of benzene rings is 3. The molecule has 1 aliphatic heterocycles. The van der Waals surface area contributed by atoms with Crippen LogP contribution in [0.5, 0.6) is 0 Å². The maximum absolute atomic E-state index is 14.2. The summed E-state index contributed by atoms with van der Waals surface area (Å²) in [4.78, 5) is 36.0. The largest absolute Gasteiger partial charge is 0.445 e. The van der Waals surface area contributed by atoms with Crippen LogP contribution in [0.3, 0.4) is 0 Å². The Balaban J connectivity index is 1.23. The summed E-state index contributed by atoms with van der Waals surface area (Å²) in [6.07, 6.45) is 4.12. The first-order valence-electron chi connectivity index (χ1n) is 15.1. The van der Waals surface area contributed by atoms with Crippen LogP contribution < -0.4 is 15.5 Å². The Bertz CT molecular complexity index is 1690. The van der Waals surface area contributed by atoms with Gasteiger partial charge in [0.1, 0.15) is 18.5 Å². The molecular weight excluding hydrogens is 571 g/mol. The van der Waals surface area contributed by atoms with Gasteiger partial charge in [-0.3, -0.25) is 4.79 Å². The normalized spacial score (nSPS) is 12.6. The summed E-state index contributed by atoms with van der Waals surface area (Å²) in [5, 5.41) is 16.2. The number of carbonyl (C=O) groups is 2. The molecule has 5 rings (SSSR count). The molecule has 3 aromatic carbocycles. The maximum atomic E-state index is 14.2. The summed E-state index contributed by atoms with van der Waals surface area (Å²) in [5.74, 6) is -0.232. The van der Waals surface area contributed by atoms with Gasteiger partial charge in [-0.25, -0.2) is 19.2 Å². The lowest BCUT2D eigenvalue weighted by atomic mass is 10.0. The molecule has 45 heavy (non-hydrogen) atoms. The number of halogens is 1. The van der Waals surface area contributed by atoms with Gasteiger partial charge in [0.25, 0.3) is 0 Å². The average Bonchev–Trinajstić information content (AvgIpc) is 3.50. The van der Waals surface area contributed by atoms with Crippen molar-refractivity contribution < 1.29 is 18.7 Å². The predicted molar refractivity (Wildman–Crippen MR) is 170 cm³/mol. The van der Waals surface area contributed by atoms with Gasteiger partial charge in [0.15, 0.2) is 0 Å². The van der Waals surface area contributed by atoms with E-state index in [0.29, 0.717) is 54.4 Å². The van der Waals surface area contributed by atoms with Crippen molar-refractivity contribution in [2.45, 2.75) is 51.7 Å². The molecule has 2 heterocycles. The summed E-state index contributed by atoms with van der Waals surface area (Å²) in [6, 6.07) is 23.5. The van der Waals surface area contributed by atoms with Crippen molar-refractivity contribution in [3.63, 3.8) is 0 Å². The number of anilines is 2. The van der Waals surface area contributed by atoms with Crippen molar-refractivity contribution in [2.24, 2.45) is 0 Å². The fourth-order valence-electron chi connectivity index (χ4n) is 5.46. The highest BCUT2D eigenvalue weighted by Crippen LogP contribution is 2.36. The van der Waals surface area contributed by atoms with Gasteiger partial charge in [0, 0.05) is 30.9 Å². The molecule has 10 heteroatoms. The lowest BCUT2D eigenvalue weighted by Gasteiger charge is -2.20. The molecule has 2 amide bonds. The summed E-state index contributed by atoms with van der Waals surface area (Å²) < 4.78 is 19.5. The second kappa shape index (κ2) is 14.9. The Morgan fingerprint density at radius 1 is 1.09 bits per heavy atom. The number of amides is 2. The summed E-state index contributed by atoms with van der Waals surface area (Å²) in [6.45, 7) is 3.14. The molecule has 0 bridgehead atoms. The van der Waals surface area contributed by atoms with Gasteiger partial charge >= 0.3 is 6.09 Å². The van der Waals surface area contributed by atoms with Crippen molar-refractivity contribution in [1.29, 1.82) is 5.26 Å². The van der Waals surface area contributed by atoms with Gasteiger partial charge in [-0.15, -0.1) is 0 Å². The number of nitrogens with one attached hydrogen (secondary N) is 2. The van der Waals surface area contributed by atoms with Crippen LogP contribution in [0.2, 0.25) is 0 Å². The molecule has 4 aromatic rings. The number of fused-ring (bicyclic) bond motifs is 1. The van der Waals surface area contributed by atoms with E-state index in [1.165, 1.54) is 6.07 Å². The number of aromatic nitrogens is 2. The lowest BCUT2D eigenvalue weighted by molar-refractivity contribution is -0.117. The maximum Gasteiger partial charge on any atom is 0.407 e. The quantitative estimate of drug-likeness (QED) is 0.198. The number of hydrogen-bond donors (Lipinski definition) is 2. The zero-order valence-electron chi connectivity index (χ0n) is 25.1. The molecule has 9 nitrogen and oxygen atoms in total. The molecule has 1 unspecified atom stereocenters. The Kier molecular flexibility index (Phi) is 10.3. The van der Waals surface area contributed by atoms with Crippen molar-refractivity contribution in [3.8, 4) is 17.3 Å². The minimum Gasteiger partial charge on any atom is -0.445 e. The molecule has 2 N–H and O–H groups in total.